The molecule has 4 fully saturated rings. The zero-order valence-corrected chi connectivity index (χ0v) is 23.2. The Labute approximate surface area is 246 Å². The van der Waals surface area contributed by atoms with E-state index in [2.05, 4.69) is 25.5 Å². The number of anilines is 1. The van der Waals surface area contributed by atoms with Crippen molar-refractivity contribution in [2.45, 2.75) is 36.8 Å². The molecule has 5 heterocycles. The molecule has 218 valence electrons. The van der Waals surface area contributed by atoms with Gasteiger partial charge in [-0.25, -0.2) is 20.4 Å². The number of carbonyl (C=O) groups excluding carboxylic acids is 2. The van der Waals surface area contributed by atoms with Crippen LogP contribution in [0.15, 0.2) is 48.9 Å². The Bertz CT molecular complexity index is 1540. The molecule has 2 amide bonds. The van der Waals surface area contributed by atoms with Gasteiger partial charge in [0.2, 0.25) is 5.91 Å². The summed E-state index contributed by atoms with van der Waals surface area (Å²) in [6.45, 7) is 9.94. The molecule has 14 heteroatoms. The molecule has 3 aliphatic heterocycles. The third kappa shape index (κ3) is 4.56. The van der Waals surface area contributed by atoms with E-state index in [-0.39, 0.29) is 42.7 Å². The number of aliphatic hydroxyl groups is 1. The number of β-amino-alcohol motifs (C(OH)–C–C–N with tert-alkyl or cyclic N) is 1. The van der Waals surface area contributed by atoms with Gasteiger partial charge in [-0.3, -0.25) is 14.7 Å². The quantitative estimate of drug-likeness (QED) is 0.414. The number of hydrogen-bond donors (Lipinski definition) is 2. The molecule has 4 aliphatic rings. The normalized spacial score (nSPS) is 29.5. The average Bonchev–Trinajstić information content (AvgIpc) is 3.62. The number of nitrogens with zero attached hydrogens (tertiary/aromatic N) is 7. The maximum Gasteiger partial charge on any atom is 0.414 e. The van der Waals surface area contributed by atoms with E-state index in [1.807, 2.05) is 0 Å². The van der Waals surface area contributed by atoms with E-state index < -0.39 is 29.7 Å². The highest BCUT2D eigenvalue weighted by Gasteiger charge is 2.78. The minimum Gasteiger partial charge on any atom is -0.442 e. The zero-order chi connectivity index (χ0) is 28.3. The number of halogens is 2. The van der Waals surface area contributed by atoms with E-state index in [9.17, 15) is 14.7 Å². The molecule has 3 saturated heterocycles. The lowest BCUT2D eigenvalue weighted by molar-refractivity contribution is -0.132. The van der Waals surface area contributed by atoms with Crippen molar-refractivity contribution < 1.29 is 23.8 Å². The summed E-state index contributed by atoms with van der Waals surface area (Å²) in [5, 5.41) is 20.4. The summed E-state index contributed by atoms with van der Waals surface area (Å²) in [6.07, 6.45) is 3.71. The Balaban J connectivity index is 0.00000316. The number of aromatic nitrogens is 4. The molecule has 0 radical (unpaired) electrons. The summed E-state index contributed by atoms with van der Waals surface area (Å²) in [7, 11) is 0. The van der Waals surface area contributed by atoms with Crippen molar-refractivity contribution in [1.82, 2.24) is 30.2 Å². The predicted octanol–water partition coefficient (Wildman–Crippen LogP) is 1.85. The van der Waals surface area contributed by atoms with E-state index in [0.29, 0.717) is 55.1 Å². The maximum absolute atomic E-state index is 15.3. The van der Waals surface area contributed by atoms with E-state index >= 15 is 4.39 Å². The van der Waals surface area contributed by atoms with Crippen molar-refractivity contribution in [1.29, 1.82) is 0 Å². The summed E-state index contributed by atoms with van der Waals surface area (Å²) < 4.78 is 22.2. The van der Waals surface area contributed by atoms with Crippen LogP contribution in [0.1, 0.15) is 12.1 Å². The van der Waals surface area contributed by atoms with Gasteiger partial charge in [-0.15, -0.1) is 17.5 Å². The lowest BCUT2D eigenvalue weighted by Gasteiger charge is -2.24. The lowest BCUT2D eigenvalue weighted by atomic mass is 10.0. The number of cyclic esters (lactones) is 1. The van der Waals surface area contributed by atoms with Gasteiger partial charge in [-0.05, 0) is 30.7 Å². The molecular formula is C28H28ClFN8O4. The SMILES string of the molecule is Cl.[C-]#[N+]C1(c2ccc(-c3ccc(N4C[C@H](Cn5ccnn5)OC4=O)cc3F)cn2)[C@@H]2CN(C(=O)[C@@H]3C[C@@H](O)CN3)C[C@@H]21. The second-order valence-corrected chi connectivity index (χ2v) is 11.1. The Morgan fingerprint density at radius 2 is 2.05 bits per heavy atom. The highest BCUT2D eigenvalue weighted by molar-refractivity contribution is 5.90. The summed E-state index contributed by atoms with van der Waals surface area (Å²) >= 11 is 0. The van der Waals surface area contributed by atoms with Crippen LogP contribution in [-0.4, -0.2) is 86.4 Å². The van der Waals surface area contributed by atoms with Crippen LogP contribution in [0.5, 0.6) is 0 Å². The van der Waals surface area contributed by atoms with Crippen molar-refractivity contribution in [3.63, 3.8) is 0 Å². The number of benzene rings is 1. The fourth-order valence-corrected chi connectivity index (χ4v) is 6.57. The molecule has 6 atom stereocenters. The Kier molecular flexibility index (Phi) is 7.08. The van der Waals surface area contributed by atoms with E-state index in [0.717, 1.165) is 0 Å². The predicted molar refractivity (Wildman–Crippen MR) is 149 cm³/mol. The minimum absolute atomic E-state index is 0. The van der Waals surface area contributed by atoms with Crippen molar-refractivity contribution in [2.75, 3.05) is 31.1 Å². The monoisotopic (exact) mass is 594 g/mol. The van der Waals surface area contributed by atoms with Gasteiger partial charge in [0, 0.05) is 43.2 Å². The zero-order valence-electron chi connectivity index (χ0n) is 22.3. The van der Waals surface area contributed by atoms with Crippen LogP contribution in [0.3, 0.4) is 0 Å². The van der Waals surface area contributed by atoms with Crippen molar-refractivity contribution in [3.8, 4) is 11.1 Å². The first-order valence-electron chi connectivity index (χ1n) is 13.5. The molecule has 42 heavy (non-hydrogen) atoms. The first-order chi connectivity index (χ1) is 19.9. The van der Waals surface area contributed by atoms with Crippen LogP contribution in [0.25, 0.3) is 16.0 Å². The smallest absolute Gasteiger partial charge is 0.414 e. The second kappa shape index (κ2) is 10.6. The number of likely N-dealkylation sites (tertiary alicyclic amines) is 1. The van der Waals surface area contributed by atoms with Crippen LogP contribution < -0.4 is 10.2 Å². The molecule has 12 nitrogen and oxygen atoms in total. The number of piperidine rings is 1. The van der Waals surface area contributed by atoms with E-state index in [4.69, 9.17) is 11.3 Å². The third-order valence-corrected chi connectivity index (χ3v) is 8.73. The van der Waals surface area contributed by atoms with Gasteiger partial charge in [0.15, 0.2) is 0 Å². The highest BCUT2D eigenvalue weighted by atomic mass is 35.5. The van der Waals surface area contributed by atoms with Gasteiger partial charge in [0.1, 0.15) is 17.6 Å². The first-order valence-corrected chi connectivity index (χ1v) is 13.5. The Morgan fingerprint density at radius 3 is 2.67 bits per heavy atom. The molecular weight excluding hydrogens is 567 g/mol. The molecule has 1 unspecified atom stereocenters. The number of ether oxygens (including phenoxy) is 1. The summed E-state index contributed by atoms with van der Waals surface area (Å²) in [6, 6.07) is 7.73. The molecule has 3 aromatic rings. The fraction of sp³-hybridized carbons (Fsp3) is 0.429. The van der Waals surface area contributed by atoms with E-state index in [1.54, 1.807) is 52.4 Å². The number of hydrogen-bond acceptors (Lipinski definition) is 8. The number of fused-ring (bicyclic) bond motifs is 1. The van der Waals surface area contributed by atoms with Crippen molar-refractivity contribution >= 4 is 30.1 Å². The number of carbonyl (C=O) groups is 2. The van der Waals surface area contributed by atoms with Crippen LogP contribution in [0.2, 0.25) is 0 Å². The topological polar surface area (TPSA) is 130 Å². The largest absolute Gasteiger partial charge is 0.442 e. The minimum atomic E-state index is -0.779. The summed E-state index contributed by atoms with van der Waals surface area (Å²) in [5.74, 6) is -0.535. The summed E-state index contributed by atoms with van der Waals surface area (Å²) in [4.78, 5) is 37.0. The van der Waals surface area contributed by atoms with Crippen molar-refractivity contribution in [3.05, 3.63) is 71.9 Å². The van der Waals surface area contributed by atoms with Gasteiger partial charge in [0.25, 0.3) is 5.54 Å². The molecule has 1 aliphatic carbocycles. The second-order valence-electron chi connectivity index (χ2n) is 11.1. The fourth-order valence-electron chi connectivity index (χ4n) is 6.57. The van der Waals surface area contributed by atoms with Crippen LogP contribution in [-0.2, 0) is 21.6 Å². The number of pyridine rings is 1. The number of nitrogens with one attached hydrogen (secondary N) is 1. The summed E-state index contributed by atoms with van der Waals surface area (Å²) in [5.41, 5.74) is 1.12. The van der Waals surface area contributed by atoms with Gasteiger partial charge < -0.3 is 24.9 Å². The molecule has 2 N–H and O–H groups in total. The number of amides is 2. The number of rotatable bonds is 6. The molecule has 0 spiro atoms. The third-order valence-electron chi connectivity index (χ3n) is 8.73. The van der Waals surface area contributed by atoms with E-state index in [1.165, 1.54) is 11.0 Å². The number of aliphatic hydroxyl groups excluding tert-OH is 1. The first kappa shape index (κ1) is 28.0. The van der Waals surface area contributed by atoms with Gasteiger partial charge in [-0.2, -0.15) is 0 Å². The van der Waals surface area contributed by atoms with Crippen LogP contribution in [0, 0.1) is 24.2 Å². The van der Waals surface area contributed by atoms with Crippen LogP contribution in [0.4, 0.5) is 14.9 Å². The lowest BCUT2D eigenvalue weighted by Crippen LogP contribution is -2.44. The highest BCUT2D eigenvalue weighted by Crippen LogP contribution is 2.64. The Hall–Kier alpha value is -4.12. The maximum atomic E-state index is 15.3. The molecule has 2 aromatic heterocycles. The van der Waals surface area contributed by atoms with Crippen molar-refractivity contribution in [2.24, 2.45) is 11.8 Å². The van der Waals surface area contributed by atoms with Crippen LogP contribution >= 0.6 is 12.4 Å². The standard InChI is InChI=1S/C28H27FN8O4.ClH/c1-30-28(21-14-35(15-22(21)28)26(39)24-9-18(38)11-31-24)25-5-2-16(10-32-25)20-4-3-17(8-23(20)29)37-13-19(41-27(37)40)12-36-7-6-33-34-36;/h2-8,10,18-19,21-22,24,31,38H,9,11-15H2;1H/t18-,19+,21-,22+,24+,28?;/m1./s1. The van der Waals surface area contributed by atoms with Gasteiger partial charge >= 0.3 is 6.09 Å². The molecule has 0 bridgehead atoms. The average molecular weight is 595 g/mol. The Morgan fingerprint density at radius 1 is 1.24 bits per heavy atom. The molecule has 1 saturated carbocycles. The van der Waals surface area contributed by atoms with Gasteiger partial charge in [0.05, 0.1) is 49.0 Å². The molecule has 1 aromatic carbocycles. The molecule has 7 rings (SSSR count). The van der Waals surface area contributed by atoms with Gasteiger partial charge in [-0.1, -0.05) is 11.3 Å².